The third kappa shape index (κ3) is 1.92. The summed E-state index contributed by atoms with van der Waals surface area (Å²) >= 11 is 1.61. The van der Waals surface area contributed by atoms with Crippen LogP contribution in [-0.4, -0.2) is 27.9 Å². The fourth-order valence-corrected chi connectivity index (χ4v) is 2.95. The number of amides is 1. The average molecular weight is 265 g/mol. The Morgan fingerprint density at radius 2 is 2.17 bits per heavy atom. The minimum Gasteiger partial charge on any atom is -0.480 e. The van der Waals surface area contributed by atoms with Gasteiger partial charge in [-0.25, -0.2) is 0 Å². The van der Waals surface area contributed by atoms with Gasteiger partial charge >= 0.3 is 5.97 Å². The molecule has 1 amide bonds. The smallest absolute Gasteiger partial charge is 0.319 e. The number of hydrogen-bond donors (Lipinski definition) is 1. The van der Waals surface area contributed by atoms with Crippen LogP contribution >= 0.6 is 11.3 Å². The van der Waals surface area contributed by atoms with Crippen molar-refractivity contribution in [2.45, 2.75) is 38.3 Å². The fourth-order valence-electron chi connectivity index (χ4n) is 2.24. The maximum absolute atomic E-state index is 12.4. The van der Waals surface area contributed by atoms with Crippen molar-refractivity contribution in [1.29, 1.82) is 0 Å². The third-order valence-corrected chi connectivity index (χ3v) is 4.58. The first-order valence-corrected chi connectivity index (χ1v) is 7.08. The van der Waals surface area contributed by atoms with Crippen LogP contribution in [-0.2, 0) is 16.1 Å². The molecule has 5 heteroatoms. The Labute approximate surface area is 109 Å². The Morgan fingerprint density at radius 1 is 1.44 bits per heavy atom. The molecule has 0 saturated heterocycles. The van der Waals surface area contributed by atoms with Gasteiger partial charge in [-0.2, -0.15) is 0 Å². The number of rotatable bonds is 5. The first kappa shape index (κ1) is 11.7. The van der Waals surface area contributed by atoms with E-state index in [0.717, 1.165) is 17.7 Å². The third-order valence-electron chi connectivity index (χ3n) is 3.72. The first-order chi connectivity index (χ1) is 8.63. The molecule has 0 aromatic carbocycles. The maximum Gasteiger partial charge on any atom is 0.319 e. The fraction of sp³-hybridized carbons (Fsp3) is 0.538. The molecule has 1 heterocycles. The molecule has 18 heavy (non-hydrogen) atoms. The molecule has 96 valence electrons. The highest BCUT2D eigenvalue weighted by molar-refractivity contribution is 7.09. The highest BCUT2D eigenvalue weighted by atomic mass is 32.1. The van der Waals surface area contributed by atoms with Gasteiger partial charge in [0.1, 0.15) is 5.41 Å². The standard InChI is InChI=1S/C13H15NO3S/c15-11(13(5-6-13)12(16)17)14(9-3-4-9)8-10-2-1-7-18-10/h1-2,7,9H,3-6,8H2,(H,16,17). The van der Waals surface area contributed by atoms with E-state index in [2.05, 4.69) is 0 Å². The molecule has 3 rings (SSSR count). The minimum absolute atomic E-state index is 0.175. The Kier molecular flexibility index (Phi) is 2.66. The monoisotopic (exact) mass is 265 g/mol. The largest absolute Gasteiger partial charge is 0.480 e. The quantitative estimate of drug-likeness (QED) is 0.829. The molecule has 2 fully saturated rings. The number of nitrogens with zero attached hydrogens (tertiary/aromatic N) is 1. The average Bonchev–Trinajstić information content (AvgIpc) is 3.24. The van der Waals surface area contributed by atoms with E-state index < -0.39 is 11.4 Å². The Balaban J connectivity index is 1.78. The van der Waals surface area contributed by atoms with Crippen LogP contribution in [0, 0.1) is 5.41 Å². The molecule has 1 aromatic rings. The van der Waals surface area contributed by atoms with Gasteiger partial charge in [0.25, 0.3) is 0 Å². The Morgan fingerprint density at radius 3 is 2.61 bits per heavy atom. The number of carboxylic acid groups (broad SMARTS) is 1. The van der Waals surface area contributed by atoms with E-state index in [9.17, 15) is 14.7 Å². The van der Waals surface area contributed by atoms with Crippen LogP contribution in [0.4, 0.5) is 0 Å². The Bertz CT molecular complexity index is 474. The Hall–Kier alpha value is -1.36. The lowest BCUT2D eigenvalue weighted by atomic mass is 10.1. The normalized spacial score (nSPS) is 20.4. The van der Waals surface area contributed by atoms with Gasteiger partial charge in [0.15, 0.2) is 0 Å². The number of aliphatic carboxylic acids is 1. The van der Waals surface area contributed by atoms with Crippen LogP contribution in [0.15, 0.2) is 17.5 Å². The van der Waals surface area contributed by atoms with Gasteiger partial charge in [-0.15, -0.1) is 11.3 Å². The van der Waals surface area contributed by atoms with E-state index in [1.807, 2.05) is 17.5 Å². The van der Waals surface area contributed by atoms with Crippen molar-refractivity contribution >= 4 is 23.2 Å². The summed E-state index contributed by atoms with van der Waals surface area (Å²) in [4.78, 5) is 26.6. The van der Waals surface area contributed by atoms with Crippen LogP contribution in [0.3, 0.4) is 0 Å². The SMILES string of the molecule is O=C(O)C1(C(=O)N(Cc2cccs2)C2CC2)CC1. The van der Waals surface area contributed by atoms with Crippen molar-refractivity contribution < 1.29 is 14.7 Å². The second kappa shape index (κ2) is 4.09. The van der Waals surface area contributed by atoms with Crippen molar-refractivity contribution in [1.82, 2.24) is 4.90 Å². The van der Waals surface area contributed by atoms with Gasteiger partial charge in [-0.3, -0.25) is 9.59 Å². The molecule has 0 unspecified atom stereocenters. The molecule has 2 aliphatic carbocycles. The van der Waals surface area contributed by atoms with Crippen molar-refractivity contribution in [3.8, 4) is 0 Å². The number of thiophene rings is 1. The molecule has 2 aliphatic rings. The number of carboxylic acids is 1. The summed E-state index contributed by atoms with van der Waals surface area (Å²) in [7, 11) is 0. The summed E-state index contributed by atoms with van der Waals surface area (Å²) < 4.78 is 0. The summed E-state index contributed by atoms with van der Waals surface area (Å²) in [5.74, 6) is -1.13. The lowest BCUT2D eigenvalue weighted by Gasteiger charge is -2.25. The summed E-state index contributed by atoms with van der Waals surface area (Å²) in [6.07, 6.45) is 3.00. The lowest BCUT2D eigenvalue weighted by molar-refractivity contribution is -0.154. The van der Waals surface area contributed by atoms with E-state index in [4.69, 9.17) is 0 Å². The van der Waals surface area contributed by atoms with E-state index in [0.29, 0.717) is 19.4 Å². The number of carbonyl (C=O) groups excluding carboxylic acids is 1. The van der Waals surface area contributed by atoms with Gasteiger partial charge in [0.05, 0.1) is 6.54 Å². The molecule has 1 N–H and O–H groups in total. The molecule has 0 bridgehead atoms. The number of hydrogen-bond acceptors (Lipinski definition) is 3. The van der Waals surface area contributed by atoms with E-state index in [1.54, 1.807) is 16.2 Å². The van der Waals surface area contributed by atoms with E-state index >= 15 is 0 Å². The van der Waals surface area contributed by atoms with Gasteiger partial charge in [0.2, 0.25) is 5.91 Å². The van der Waals surface area contributed by atoms with Gasteiger partial charge in [-0.05, 0) is 37.1 Å². The summed E-state index contributed by atoms with van der Waals surface area (Å²) in [6, 6.07) is 4.21. The van der Waals surface area contributed by atoms with Crippen molar-refractivity contribution in [3.63, 3.8) is 0 Å². The first-order valence-electron chi connectivity index (χ1n) is 6.20. The van der Waals surface area contributed by atoms with Gasteiger partial charge in [-0.1, -0.05) is 6.07 Å². The molecule has 0 aliphatic heterocycles. The molecule has 0 radical (unpaired) electrons. The maximum atomic E-state index is 12.4. The molecule has 2 saturated carbocycles. The summed E-state index contributed by atoms with van der Waals surface area (Å²) in [6.45, 7) is 0.566. The van der Waals surface area contributed by atoms with Crippen molar-refractivity contribution in [3.05, 3.63) is 22.4 Å². The molecular formula is C13H15NO3S. The molecule has 1 aromatic heterocycles. The second-order valence-electron chi connectivity index (χ2n) is 5.13. The van der Waals surface area contributed by atoms with Crippen LogP contribution in [0.2, 0.25) is 0 Å². The van der Waals surface area contributed by atoms with E-state index in [-0.39, 0.29) is 11.9 Å². The molecule has 0 atom stereocenters. The minimum atomic E-state index is -1.10. The molecule has 0 spiro atoms. The predicted octanol–water partition coefficient (Wildman–Crippen LogP) is 2.10. The lowest BCUT2D eigenvalue weighted by Crippen LogP contribution is -2.41. The van der Waals surface area contributed by atoms with Crippen LogP contribution in [0.5, 0.6) is 0 Å². The summed E-state index contributed by atoms with van der Waals surface area (Å²) in [5, 5.41) is 11.2. The molecule has 4 nitrogen and oxygen atoms in total. The van der Waals surface area contributed by atoms with E-state index in [1.165, 1.54) is 0 Å². The topological polar surface area (TPSA) is 57.6 Å². The zero-order valence-electron chi connectivity index (χ0n) is 9.96. The second-order valence-corrected chi connectivity index (χ2v) is 6.16. The predicted molar refractivity (Wildman–Crippen MR) is 67.2 cm³/mol. The van der Waals surface area contributed by atoms with Crippen LogP contribution in [0.25, 0.3) is 0 Å². The molecular weight excluding hydrogens is 250 g/mol. The summed E-state index contributed by atoms with van der Waals surface area (Å²) in [5.41, 5.74) is -1.10. The highest BCUT2D eigenvalue weighted by Gasteiger charge is 2.59. The number of carbonyl (C=O) groups is 2. The van der Waals surface area contributed by atoms with Crippen LogP contribution in [0.1, 0.15) is 30.6 Å². The van der Waals surface area contributed by atoms with Crippen molar-refractivity contribution in [2.24, 2.45) is 5.41 Å². The van der Waals surface area contributed by atoms with Gasteiger partial charge in [0, 0.05) is 10.9 Å². The zero-order valence-corrected chi connectivity index (χ0v) is 10.8. The zero-order chi connectivity index (χ0) is 12.8. The van der Waals surface area contributed by atoms with Crippen molar-refractivity contribution in [2.75, 3.05) is 0 Å². The van der Waals surface area contributed by atoms with Gasteiger partial charge < -0.3 is 10.0 Å². The highest BCUT2D eigenvalue weighted by Crippen LogP contribution is 2.49. The van der Waals surface area contributed by atoms with Crippen LogP contribution < -0.4 is 0 Å².